The van der Waals surface area contributed by atoms with E-state index in [1.165, 1.54) is 32.1 Å². The first-order valence-electron chi connectivity index (χ1n) is 8.20. The highest BCUT2D eigenvalue weighted by molar-refractivity contribution is 5.99. The molecule has 1 heterocycles. The van der Waals surface area contributed by atoms with Gasteiger partial charge in [0, 0.05) is 25.5 Å². The largest absolute Gasteiger partial charge is 0.385 e. The van der Waals surface area contributed by atoms with Crippen LogP contribution in [0.5, 0.6) is 0 Å². The van der Waals surface area contributed by atoms with E-state index in [9.17, 15) is 4.79 Å². The molecule has 0 atom stereocenters. The van der Waals surface area contributed by atoms with Crippen molar-refractivity contribution in [1.82, 2.24) is 10.3 Å². The van der Waals surface area contributed by atoms with Crippen molar-refractivity contribution in [2.24, 2.45) is 11.8 Å². The summed E-state index contributed by atoms with van der Waals surface area (Å²) >= 11 is 0. The molecule has 0 radical (unpaired) electrons. The fraction of sp³-hybridized carbons (Fsp3) is 0.647. The van der Waals surface area contributed by atoms with Crippen LogP contribution in [0.2, 0.25) is 0 Å². The fourth-order valence-corrected chi connectivity index (χ4v) is 3.10. The molecule has 21 heavy (non-hydrogen) atoms. The Hall–Kier alpha value is -1.58. The minimum Gasteiger partial charge on any atom is -0.385 e. The molecule has 4 nitrogen and oxygen atoms in total. The van der Waals surface area contributed by atoms with Gasteiger partial charge in [0.05, 0.1) is 11.3 Å². The standard InChI is InChI=1S/C17H27N3O/c1-3-13-5-7-14(8-6-13)11-20-17(21)15-12-18-10-9-16(15)19-4-2/h9-10,12-14H,3-8,11H2,1-2H3,(H,18,19)(H,20,21). The Balaban J connectivity index is 1.85. The topological polar surface area (TPSA) is 54.0 Å². The lowest BCUT2D eigenvalue weighted by atomic mass is 9.81. The first-order chi connectivity index (χ1) is 10.2. The van der Waals surface area contributed by atoms with E-state index < -0.39 is 0 Å². The van der Waals surface area contributed by atoms with Crippen molar-refractivity contribution in [3.8, 4) is 0 Å². The molecular formula is C17H27N3O. The number of nitrogens with one attached hydrogen (secondary N) is 2. The minimum absolute atomic E-state index is 0.0170. The van der Waals surface area contributed by atoms with Gasteiger partial charge in [-0.15, -0.1) is 0 Å². The van der Waals surface area contributed by atoms with Crippen LogP contribution in [0, 0.1) is 11.8 Å². The Morgan fingerprint density at radius 3 is 2.62 bits per heavy atom. The molecule has 1 aliphatic carbocycles. The zero-order valence-corrected chi connectivity index (χ0v) is 13.2. The van der Waals surface area contributed by atoms with Crippen LogP contribution in [0.15, 0.2) is 18.5 Å². The molecule has 1 amide bonds. The average molecular weight is 289 g/mol. The van der Waals surface area contributed by atoms with Crippen molar-refractivity contribution in [1.29, 1.82) is 0 Å². The maximum atomic E-state index is 12.3. The predicted molar refractivity (Wildman–Crippen MR) is 86.5 cm³/mol. The number of amides is 1. The van der Waals surface area contributed by atoms with Crippen molar-refractivity contribution >= 4 is 11.6 Å². The number of nitrogens with zero attached hydrogens (tertiary/aromatic N) is 1. The molecule has 1 aromatic rings. The SMILES string of the molecule is CCNc1ccncc1C(=O)NCC1CCC(CC)CC1. The second-order valence-corrected chi connectivity index (χ2v) is 5.96. The Bertz CT molecular complexity index is 453. The number of hydrogen-bond acceptors (Lipinski definition) is 3. The summed E-state index contributed by atoms with van der Waals surface area (Å²) in [4.78, 5) is 16.4. The number of pyridine rings is 1. The van der Waals surface area contributed by atoms with Crippen LogP contribution in [0.25, 0.3) is 0 Å². The van der Waals surface area contributed by atoms with Gasteiger partial charge in [0.25, 0.3) is 5.91 Å². The van der Waals surface area contributed by atoms with E-state index in [0.717, 1.165) is 24.7 Å². The van der Waals surface area contributed by atoms with Crippen molar-refractivity contribution < 1.29 is 4.79 Å². The second-order valence-electron chi connectivity index (χ2n) is 5.96. The van der Waals surface area contributed by atoms with Crippen LogP contribution in [-0.4, -0.2) is 24.0 Å². The molecule has 4 heteroatoms. The highest BCUT2D eigenvalue weighted by atomic mass is 16.1. The van der Waals surface area contributed by atoms with Gasteiger partial charge in [0.2, 0.25) is 0 Å². The summed E-state index contributed by atoms with van der Waals surface area (Å²) in [5, 5.41) is 6.29. The van der Waals surface area contributed by atoms with E-state index in [1.807, 2.05) is 13.0 Å². The summed E-state index contributed by atoms with van der Waals surface area (Å²) in [7, 11) is 0. The Labute approximate surface area is 127 Å². The quantitative estimate of drug-likeness (QED) is 0.843. The van der Waals surface area contributed by atoms with Gasteiger partial charge in [0.15, 0.2) is 0 Å². The van der Waals surface area contributed by atoms with Crippen LogP contribution in [0.4, 0.5) is 5.69 Å². The summed E-state index contributed by atoms with van der Waals surface area (Å²) in [5.74, 6) is 1.52. The first-order valence-corrected chi connectivity index (χ1v) is 8.20. The molecule has 0 spiro atoms. The number of aromatic nitrogens is 1. The number of anilines is 1. The summed E-state index contributed by atoms with van der Waals surface area (Å²) in [6, 6.07) is 1.85. The molecule has 2 rings (SSSR count). The summed E-state index contributed by atoms with van der Waals surface area (Å²) in [5.41, 5.74) is 1.50. The minimum atomic E-state index is -0.0170. The smallest absolute Gasteiger partial charge is 0.254 e. The van der Waals surface area contributed by atoms with Gasteiger partial charge in [-0.05, 0) is 37.7 Å². The zero-order valence-electron chi connectivity index (χ0n) is 13.2. The molecule has 116 valence electrons. The lowest BCUT2D eigenvalue weighted by Gasteiger charge is -2.27. The average Bonchev–Trinajstić information content (AvgIpc) is 2.54. The van der Waals surface area contributed by atoms with E-state index in [2.05, 4.69) is 22.5 Å². The third-order valence-electron chi connectivity index (χ3n) is 4.53. The van der Waals surface area contributed by atoms with E-state index in [0.29, 0.717) is 11.5 Å². The maximum absolute atomic E-state index is 12.3. The van der Waals surface area contributed by atoms with Crippen molar-refractivity contribution in [2.75, 3.05) is 18.4 Å². The highest BCUT2D eigenvalue weighted by Gasteiger charge is 2.21. The van der Waals surface area contributed by atoms with Gasteiger partial charge in [-0.2, -0.15) is 0 Å². The summed E-state index contributed by atoms with van der Waals surface area (Å²) in [6.07, 6.45) is 9.75. The summed E-state index contributed by atoms with van der Waals surface area (Å²) < 4.78 is 0. The van der Waals surface area contributed by atoms with E-state index in [4.69, 9.17) is 0 Å². The molecule has 0 aromatic carbocycles. The number of rotatable bonds is 6. The second kappa shape index (κ2) is 8.01. The van der Waals surface area contributed by atoms with E-state index in [1.54, 1.807) is 12.4 Å². The van der Waals surface area contributed by atoms with Crippen LogP contribution in [0.3, 0.4) is 0 Å². The number of hydrogen-bond donors (Lipinski definition) is 2. The van der Waals surface area contributed by atoms with Gasteiger partial charge in [-0.1, -0.05) is 26.2 Å². The lowest BCUT2D eigenvalue weighted by molar-refractivity contribution is 0.0941. The normalized spacial score (nSPS) is 21.8. The van der Waals surface area contributed by atoms with Crippen LogP contribution in [0.1, 0.15) is 56.3 Å². The number of carbonyl (C=O) groups excluding carboxylic acids is 1. The monoisotopic (exact) mass is 289 g/mol. The molecular weight excluding hydrogens is 262 g/mol. The van der Waals surface area contributed by atoms with Gasteiger partial charge in [-0.3, -0.25) is 9.78 Å². The Morgan fingerprint density at radius 2 is 1.95 bits per heavy atom. The van der Waals surface area contributed by atoms with E-state index in [-0.39, 0.29) is 5.91 Å². The summed E-state index contributed by atoms with van der Waals surface area (Å²) in [6.45, 7) is 5.88. The maximum Gasteiger partial charge on any atom is 0.254 e. The molecule has 1 fully saturated rings. The Morgan fingerprint density at radius 1 is 1.24 bits per heavy atom. The molecule has 1 aliphatic rings. The van der Waals surface area contributed by atoms with Gasteiger partial charge in [-0.25, -0.2) is 0 Å². The van der Waals surface area contributed by atoms with Gasteiger partial charge < -0.3 is 10.6 Å². The molecule has 0 bridgehead atoms. The number of carbonyl (C=O) groups is 1. The van der Waals surface area contributed by atoms with E-state index >= 15 is 0 Å². The third kappa shape index (κ3) is 4.45. The van der Waals surface area contributed by atoms with Crippen LogP contribution >= 0.6 is 0 Å². The molecule has 2 N–H and O–H groups in total. The Kier molecular flexibility index (Phi) is 6.03. The van der Waals surface area contributed by atoms with Crippen molar-refractivity contribution in [2.45, 2.75) is 46.0 Å². The molecule has 0 unspecified atom stereocenters. The zero-order chi connectivity index (χ0) is 15.1. The third-order valence-corrected chi connectivity index (χ3v) is 4.53. The highest BCUT2D eigenvalue weighted by Crippen LogP contribution is 2.30. The van der Waals surface area contributed by atoms with Crippen LogP contribution in [-0.2, 0) is 0 Å². The van der Waals surface area contributed by atoms with Gasteiger partial charge in [0.1, 0.15) is 0 Å². The fourth-order valence-electron chi connectivity index (χ4n) is 3.10. The lowest BCUT2D eigenvalue weighted by Crippen LogP contribution is -2.31. The molecule has 1 aromatic heterocycles. The predicted octanol–water partition coefficient (Wildman–Crippen LogP) is 3.46. The van der Waals surface area contributed by atoms with Crippen molar-refractivity contribution in [3.63, 3.8) is 0 Å². The van der Waals surface area contributed by atoms with Crippen molar-refractivity contribution in [3.05, 3.63) is 24.0 Å². The van der Waals surface area contributed by atoms with Crippen LogP contribution < -0.4 is 10.6 Å². The van der Waals surface area contributed by atoms with Gasteiger partial charge >= 0.3 is 0 Å². The molecule has 0 aliphatic heterocycles. The molecule has 0 saturated heterocycles. The molecule has 1 saturated carbocycles. The first kappa shape index (κ1) is 15.8.